The van der Waals surface area contributed by atoms with Crippen LogP contribution in [0.5, 0.6) is 0 Å². The number of carbonyl (C=O) groups is 2. The van der Waals surface area contributed by atoms with Crippen molar-refractivity contribution in [2.45, 2.75) is 12.8 Å². The summed E-state index contributed by atoms with van der Waals surface area (Å²) in [6.07, 6.45) is 0.900. The third-order valence-corrected chi connectivity index (χ3v) is 3.82. The Bertz CT molecular complexity index is 670. The highest BCUT2D eigenvalue weighted by molar-refractivity contribution is 7.09. The summed E-state index contributed by atoms with van der Waals surface area (Å²) in [6.45, 7) is 0.541. The lowest BCUT2D eigenvalue weighted by Gasteiger charge is -2.06. The second-order valence-electron chi connectivity index (χ2n) is 4.57. The van der Waals surface area contributed by atoms with Gasteiger partial charge in [-0.25, -0.2) is 9.78 Å². The number of anilines is 1. The van der Waals surface area contributed by atoms with E-state index in [1.54, 1.807) is 24.3 Å². The summed E-state index contributed by atoms with van der Waals surface area (Å²) in [7, 11) is 1.31. The van der Waals surface area contributed by atoms with Crippen LogP contribution in [0.4, 0.5) is 5.69 Å². The lowest BCUT2D eigenvalue weighted by Crippen LogP contribution is -2.15. The highest BCUT2D eigenvalue weighted by Crippen LogP contribution is 2.14. The highest BCUT2D eigenvalue weighted by Gasteiger charge is 2.10. The molecule has 0 atom stereocenters. The van der Waals surface area contributed by atoms with Crippen LogP contribution < -0.4 is 11.1 Å². The fourth-order valence-electron chi connectivity index (χ4n) is 1.88. The first-order valence-electron chi connectivity index (χ1n) is 6.74. The van der Waals surface area contributed by atoms with Crippen molar-refractivity contribution in [1.82, 2.24) is 4.98 Å². The molecule has 0 bridgehead atoms. The zero-order valence-electron chi connectivity index (χ0n) is 12.2. The van der Waals surface area contributed by atoms with Crippen LogP contribution in [-0.4, -0.2) is 30.5 Å². The number of aromatic nitrogens is 1. The van der Waals surface area contributed by atoms with Crippen molar-refractivity contribution >= 4 is 28.9 Å². The minimum absolute atomic E-state index is 0.184. The molecule has 0 unspecified atom stereocenters. The van der Waals surface area contributed by atoms with Crippen molar-refractivity contribution in [2.75, 3.05) is 19.0 Å². The number of thiazole rings is 1. The smallest absolute Gasteiger partial charge is 0.337 e. The van der Waals surface area contributed by atoms with Gasteiger partial charge in [-0.3, -0.25) is 4.79 Å². The van der Waals surface area contributed by atoms with Crippen LogP contribution >= 0.6 is 11.3 Å². The predicted molar refractivity (Wildman–Crippen MR) is 85.0 cm³/mol. The maximum atomic E-state index is 12.0. The summed E-state index contributed by atoms with van der Waals surface area (Å²) < 4.78 is 4.65. The fourth-order valence-corrected chi connectivity index (χ4v) is 2.69. The van der Waals surface area contributed by atoms with E-state index in [4.69, 9.17) is 5.73 Å². The Morgan fingerprint density at radius 1 is 1.41 bits per heavy atom. The van der Waals surface area contributed by atoms with E-state index < -0.39 is 5.97 Å². The Hall–Kier alpha value is -2.25. The van der Waals surface area contributed by atoms with Gasteiger partial charge in [-0.2, -0.15) is 0 Å². The second-order valence-corrected chi connectivity index (χ2v) is 5.51. The number of methoxy groups -OCH3 is 1. The van der Waals surface area contributed by atoms with Crippen molar-refractivity contribution in [3.63, 3.8) is 0 Å². The van der Waals surface area contributed by atoms with E-state index in [9.17, 15) is 9.59 Å². The van der Waals surface area contributed by atoms with Crippen molar-refractivity contribution in [1.29, 1.82) is 0 Å². The van der Waals surface area contributed by atoms with E-state index >= 15 is 0 Å². The molecule has 22 heavy (non-hydrogen) atoms. The van der Waals surface area contributed by atoms with Gasteiger partial charge in [0.15, 0.2) is 0 Å². The number of ether oxygens (including phenoxy) is 1. The summed E-state index contributed by atoms with van der Waals surface area (Å²) in [5.41, 5.74) is 7.13. The monoisotopic (exact) mass is 319 g/mol. The molecular weight excluding hydrogens is 302 g/mol. The zero-order valence-corrected chi connectivity index (χ0v) is 13.0. The van der Waals surface area contributed by atoms with Gasteiger partial charge in [0.25, 0.3) is 0 Å². The van der Waals surface area contributed by atoms with E-state index in [1.807, 2.05) is 5.38 Å². The number of hydrogen-bond donors (Lipinski definition) is 2. The largest absolute Gasteiger partial charge is 0.465 e. The van der Waals surface area contributed by atoms with Crippen LogP contribution in [0, 0.1) is 0 Å². The van der Waals surface area contributed by atoms with Gasteiger partial charge in [-0.15, -0.1) is 11.3 Å². The van der Waals surface area contributed by atoms with Crippen LogP contribution in [0.25, 0.3) is 0 Å². The summed E-state index contributed by atoms with van der Waals surface area (Å²) >= 11 is 1.50. The number of nitrogens with two attached hydrogens (primary N) is 1. The molecule has 1 heterocycles. The topological polar surface area (TPSA) is 94.3 Å². The van der Waals surface area contributed by atoms with Gasteiger partial charge < -0.3 is 15.8 Å². The van der Waals surface area contributed by atoms with Gasteiger partial charge in [-0.05, 0) is 24.7 Å². The van der Waals surface area contributed by atoms with Crippen LogP contribution in [0.15, 0.2) is 29.6 Å². The Balaban J connectivity index is 1.97. The number of carbonyl (C=O) groups excluding carboxylic acids is 2. The average molecular weight is 319 g/mol. The number of rotatable bonds is 6. The number of amides is 1. The van der Waals surface area contributed by atoms with Gasteiger partial charge in [0, 0.05) is 17.5 Å². The summed E-state index contributed by atoms with van der Waals surface area (Å²) in [5, 5.41) is 5.53. The third kappa shape index (κ3) is 4.37. The van der Waals surface area contributed by atoms with Crippen LogP contribution in [-0.2, 0) is 22.4 Å². The molecule has 0 saturated heterocycles. The van der Waals surface area contributed by atoms with Crippen LogP contribution in [0.2, 0.25) is 0 Å². The maximum Gasteiger partial charge on any atom is 0.337 e. The number of benzene rings is 1. The first kappa shape index (κ1) is 16.1. The minimum atomic E-state index is -0.443. The molecule has 0 aliphatic rings. The number of nitrogens with zero attached hydrogens (tertiary/aromatic N) is 1. The summed E-state index contributed by atoms with van der Waals surface area (Å²) in [4.78, 5) is 27.8. The Labute approximate surface area is 132 Å². The van der Waals surface area contributed by atoms with Gasteiger partial charge >= 0.3 is 5.97 Å². The minimum Gasteiger partial charge on any atom is -0.465 e. The van der Waals surface area contributed by atoms with Gasteiger partial charge in [0.2, 0.25) is 5.91 Å². The Morgan fingerprint density at radius 2 is 2.23 bits per heavy atom. The molecule has 2 rings (SSSR count). The fraction of sp³-hybridized carbons (Fsp3) is 0.267. The van der Waals surface area contributed by atoms with Crippen LogP contribution in [0.3, 0.4) is 0 Å². The van der Waals surface area contributed by atoms with Crippen molar-refractivity contribution < 1.29 is 14.3 Å². The molecule has 0 saturated carbocycles. The van der Waals surface area contributed by atoms with Gasteiger partial charge in [-0.1, -0.05) is 6.07 Å². The molecule has 0 radical (unpaired) electrons. The number of esters is 1. The quantitative estimate of drug-likeness (QED) is 0.789. The molecule has 2 aromatic rings. The number of hydrogen-bond acceptors (Lipinski definition) is 6. The third-order valence-electron chi connectivity index (χ3n) is 2.87. The molecule has 0 aliphatic carbocycles. The second kappa shape index (κ2) is 7.67. The molecule has 116 valence electrons. The predicted octanol–water partition coefficient (Wildman–Crippen LogP) is 1.61. The SMILES string of the molecule is COC(=O)c1cccc(NC(=O)Cc2csc(CCN)n2)c1. The molecule has 1 aromatic carbocycles. The molecular formula is C15H17N3O3S. The van der Waals surface area contributed by atoms with Crippen molar-refractivity contribution in [2.24, 2.45) is 5.73 Å². The molecule has 1 amide bonds. The molecule has 7 heteroatoms. The molecule has 0 fully saturated rings. The van der Waals surface area contributed by atoms with Crippen molar-refractivity contribution in [3.8, 4) is 0 Å². The Kier molecular flexibility index (Phi) is 5.62. The standard InChI is InChI=1S/C15H17N3O3S/c1-21-15(20)10-3-2-4-11(7-10)17-13(19)8-12-9-22-14(18-12)5-6-16/h2-4,7,9H,5-6,8,16H2,1H3,(H,17,19). The van der Waals surface area contributed by atoms with E-state index in [0.29, 0.717) is 24.2 Å². The van der Waals surface area contributed by atoms with Gasteiger partial charge in [0.05, 0.1) is 29.8 Å². The molecule has 1 aromatic heterocycles. The number of nitrogens with one attached hydrogen (secondary N) is 1. The van der Waals surface area contributed by atoms with Gasteiger partial charge in [0.1, 0.15) is 0 Å². The lowest BCUT2D eigenvalue weighted by molar-refractivity contribution is -0.115. The zero-order chi connectivity index (χ0) is 15.9. The van der Waals surface area contributed by atoms with E-state index in [1.165, 1.54) is 18.4 Å². The lowest BCUT2D eigenvalue weighted by atomic mass is 10.2. The first-order chi connectivity index (χ1) is 10.6. The molecule has 0 spiro atoms. The molecule has 6 nitrogen and oxygen atoms in total. The molecule has 0 aliphatic heterocycles. The molecule has 3 N–H and O–H groups in total. The summed E-state index contributed by atoms with van der Waals surface area (Å²) in [5.74, 6) is -0.631. The summed E-state index contributed by atoms with van der Waals surface area (Å²) in [6, 6.07) is 6.60. The normalized spacial score (nSPS) is 10.3. The van der Waals surface area contributed by atoms with E-state index in [0.717, 1.165) is 10.7 Å². The first-order valence-corrected chi connectivity index (χ1v) is 7.62. The van der Waals surface area contributed by atoms with E-state index in [-0.39, 0.29) is 12.3 Å². The highest BCUT2D eigenvalue weighted by atomic mass is 32.1. The average Bonchev–Trinajstić information content (AvgIpc) is 2.94. The Morgan fingerprint density at radius 3 is 2.95 bits per heavy atom. The van der Waals surface area contributed by atoms with E-state index in [2.05, 4.69) is 15.0 Å². The van der Waals surface area contributed by atoms with Crippen molar-refractivity contribution in [3.05, 3.63) is 45.9 Å². The van der Waals surface area contributed by atoms with Crippen LogP contribution in [0.1, 0.15) is 21.1 Å². The maximum absolute atomic E-state index is 12.0.